The number of nitrogens with one attached hydrogen (secondary N) is 1. The quantitative estimate of drug-likeness (QED) is 0.711. The molecule has 0 spiro atoms. The molecular weight excluding hydrogens is 467 g/mol. The SMILES string of the molecule is CC1(C)CN(C(=O)c2csc(C(F)(F)F)n2)CCN1C(=O)C1=NCCC(c2ccccc2)=CN1. The smallest absolute Gasteiger partial charge is 0.342 e. The average molecular weight is 492 g/mol. The zero-order valence-corrected chi connectivity index (χ0v) is 19.5. The Morgan fingerprint density at radius 2 is 1.85 bits per heavy atom. The second-order valence-corrected chi connectivity index (χ2v) is 9.55. The van der Waals surface area contributed by atoms with E-state index >= 15 is 0 Å². The van der Waals surface area contributed by atoms with Gasteiger partial charge in [0.15, 0.2) is 10.8 Å². The van der Waals surface area contributed by atoms with Crippen molar-refractivity contribution in [2.24, 2.45) is 4.99 Å². The van der Waals surface area contributed by atoms with E-state index in [0.29, 0.717) is 24.3 Å². The van der Waals surface area contributed by atoms with Crippen LogP contribution in [0.25, 0.3) is 5.57 Å². The summed E-state index contributed by atoms with van der Waals surface area (Å²) in [4.78, 5) is 37.0. The topological polar surface area (TPSA) is 77.9 Å². The number of benzene rings is 1. The molecule has 4 rings (SSSR count). The fourth-order valence-corrected chi connectivity index (χ4v) is 4.73. The van der Waals surface area contributed by atoms with Crippen LogP contribution in [0.3, 0.4) is 0 Å². The molecule has 0 aliphatic carbocycles. The summed E-state index contributed by atoms with van der Waals surface area (Å²) in [6.45, 7) is 4.66. The van der Waals surface area contributed by atoms with E-state index in [-0.39, 0.29) is 37.1 Å². The number of amidine groups is 1. The number of hydrogen-bond donors (Lipinski definition) is 1. The predicted octanol–water partition coefficient (Wildman–Crippen LogP) is 3.66. The number of rotatable bonds is 3. The van der Waals surface area contributed by atoms with Crippen molar-refractivity contribution in [3.63, 3.8) is 0 Å². The second kappa shape index (κ2) is 9.21. The first-order valence-electron chi connectivity index (χ1n) is 10.8. The first-order chi connectivity index (χ1) is 16.1. The maximum absolute atomic E-state index is 13.3. The Morgan fingerprint density at radius 3 is 2.50 bits per heavy atom. The number of hydrogen-bond acceptors (Lipinski definition) is 6. The van der Waals surface area contributed by atoms with Crippen molar-refractivity contribution < 1.29 is 22.8 Å². The Kier molecular flexibility index (Phi) is 6.48. The summed E-state index contributed by atoms with van der Waals surface area (Å²) >= 11 is 0.396. The van der Waals surface area contributed by atoms with Crippen LogP contribution >= 0.6 is 11.3 Å². The third-order valence-corrected chi connectivity index (χ3v) is 6.67. The zero-order chi connectivity index (χ0) is 24.5. The van der Waals surface area contributed by atoms with Crippen molar-refractivity contribution in [1.29, 1.82) is 0 Å². The van der Waals surface area contributed by atoms with E-state index in [9.17, 15) is 22.8 Å². The Bertz CT molecular complexity index is 1140. The lowest BCUT2D eigenvalue weighted by Crippen LogP contribution is -2.64. The van der Waals surface area contributed by atoms with Crippen molar-refractivity contribution in [1.82, 2.24) is 20.1 Å². The predicted molar refractivity (Wildman–Crippen MR) is 123 cm³/mol. The third-order valence-electron chi connectivity index (χ3n) is 5.78. The monoisotopic (exact) mass is 491 g/mol. The van der Waals surface area contributed by atoms with Crippen LogP contribution in [0.15, 0.2) is 46.9 Å². The Labute approximate surface area is 199 Å². The molecule has 0 unspecified atom stereocenters. The van der Waals surface area contributed by atoms with Crippen LogP contribution in [0.5, 0.6) is 0 Å². The van der Waals surface area contributed by atoms with Crippen LogP contribution in [-0.4, -0.2) is 64.2 Å². The van der Waals surface area contributed by atoms with Gasteiger partial charge in [0.1, 0.15) is 5.69 Å². The molecule has 180 valence electrons. The van der Waals surface area contributed by atoms with Crippen LogP contribution in [0.1, 0.15) is 41.3 Å². The van der Waals surface area contributed by atoms with Crippen LogP contribution in [-0.2, 0) is 11.0 Å². The number of nitrogens with zero attached hydrogens (tertiary/aromatic N) is 4. The summed E-state index contributed by atoms with van der Waals surface area (Å²) in [5.41, 5.74) is 1.11. The molecule has 2 aliphatic rings. The van der Waals surface area contributed by atoms with Gasteiger partial charge < -0.3 is 15.1 Å². The van der Waals surface area contributed by atoms with Crippen molar-refractivity contribution in [3.05, 3.63) is 58.2 Å². The average Bonchev–Trinajstić information content (AvgIpc) is 3.17. The third kappa shape index (κ3) is 4.98. The number of carbonyl (C=O) groups is 2. The van der Waals surface area contributed by atoms with Gasteiger partial charge >= 0.3 is 6.18 Å². The summed E-state index contributed by atoms with van der Waals surface area (Å²) in [7, 11) is 0. The molecule has 1 saturated heterocycles. The minimum atomic E-state index is -4.59. The number of aliphatic imine (C=N–C) groups is 1. The Hall–Kier alpha value is -3.21. The van der Waals surface area contributed by atoms with Crippen LogP contribution in [0.2, 0.25) is 0 Å². The molecule has 0 atom stereocenters. The van der Waals surface area contributed by atoms with Crippen molar-refractivity contribution in [2.45, 2.75) is 32.0 Å². The highest BCUT2D eigenvalue weighted by molar-refractivity contribution is 7.10. The molecular formula is C23H24F3N5O2S. The molecule has 2 amide bonds. The van der Waals surface area contributed by atoms with Gasteiger partial charge in [-0.15, -0.1) is 11.3 Å². The maximum Gasteiger partial charge on any atom is 0.443 e. The molecule has 1 aromatic carbocycles. The molecule has 0 bridgehead atoms. The molecule has 34 heavy (non-hydrogen) atoms. The van der Waals surface area contributed by atoms with Crippen molar-refractivity contribution >= 4 is 34.6 Å². The number of amides is 2. The number of thiazole rings is 1. The molecule has 0 saturated carbocycles. The second-order valence-electron chi connectivity index (χ2n) is 8.69. The van der Waals surface area contributed by atoms with Gasteiger partial charge in [0.2, 0.25) is 0 Å². The molecule has 0 radical (unpaired) electrons. The van der Waals surface area contributed by atoms with Gasteiger partial charge in [-0.05, 0) is 31.4 Å². The largest absolute Gasteiger partial charge is 0.443 e. The van der Waals surface area contributed by atoms with Crippen molar-refractivity contribution in [2.75, 3.05) is 26.2 Å². The molecule has 3 heterocycles. The highest BCUT2D eigenvalue weighted by Gasteiger charge is 2.41. The Morgan fingerprint density at radius 1 is 1.12 bits per heavy atom. The van der Waals surface area contributed by atoms with E-state index in [4.69, 9.17) is 0 Å². The lowest BCUT2D eigenvalue weighted by atomic mass is 9.98. The van der Waals surface area contributed by atoms with Gasteiger partial charge in [-0.2, -0.15) is 13.2 Å². The minimum Gasteiger partial charge on any atom is -0.342 e. The van der Waals surface area contributed by atoms with Gasteiger partial charge in [-0.25, -0.2) is 4.98 Å². The molecule has 2 aromatic rings. The van der Waals surface area contributed by atoms with Crippen LogP contribution in [0, 0.1) is 0 Å². The first kappa shape index (κ1) is 23.9. The molecule has 1 N–H and O–H groups in total. The van der Waals surface area contributed by atoms with E-state index < -0.39 is 22.6 Å². The normalized spacial score (nSPS) is 18.5. The molecule has 7 nitrogen and oxygen atoms in total. The van der Waals surface area contributed by atoms with E-state index in [1.54, 1.807) is 11.1 Å². The molecule has 1 aromatic heterocycles. The Balaban J connectivity index is 1.44. The molecule has 2 aliphatic heterocycles. The fraction of sp³-hybridized carbons (Fsp3) is 0.391. The summed E-state index contributed by atoms with van der Waals surface area (Å²) < 4.78 is 38.6. The van der Waals surface area contributed by atoms with Gasteiger partial charge in [-0.1, -0.05) is 30.3 Å². The van der Waals surface area contributed by atoms with Gasteiger partial charge in [0, 0.05) is 37.8 Å². The van der Waals surface area contributed by atoms with Crippen molar-refractivity contribution in [3.8, 4) is 0 Å². The lowest BCUT2D eigenvalue weighted by molar-refractivity contribution is -0.137. The van der Waals surface area contributed by atoms with E-state index in [1.165, 1.54) is 4.90 Å². The van der Waals surface area contributed by atoms with Crippen LogP contribution in [0.4, 0.5) is 13.2 Å². The highest BCUT2D eigenvalue weighted by atomic mass is 32.1. The lowest BCUT2D eigenvalue weighted by Gasteiger charge is -2.46. The standard InChI is InChI=1S/C23H24F3N5O2S/c1-22(2)14-30(19(32)17-13-34-21(29-17)23(24,25)26)10-11-31(22)20(33)18-27-9-8-16(12-28-18)15-6-4-3-5-7-15/h3-7,12-13H,8-11,14H2,1-2H3,(H,27,28). The molecule has 11 heteroatoms. The van der Waals surface area contributed by atoms with E-state index in [0.717, 1.165) is 16.5 Å². The number of alkyl halides is 3. The number of halogens is 3. The summed E-state index contributed by atoms with van der Waals surface area (Å²) in [6.07, 6.45) is -2.10. The summed E-state index contributed by atoms with van der Waals surface area (Å²) in [6, 6.07) is 9.84. The van der Waals surface area contributed by atoms with E-state index in [2.05, 4.69) is 15.3 Å². The summed E-state index contributed by atoms with van der Waals surface area (Å²) in [5, 5.41) is 3.11. The highest BCUT2D eigenvalue weighted by Crippen LogP contribution is 2.32. The van der Waals surface area contributed by atoms with Gasteiger partial charge in [0.05, 0.1) is 5.54 Å². The molecule has 1 fully saturated rings. The first-order valence-corrected chi connectivity index (χ1v) is 11.6. The zero-order valence-electron chi connectivity index (χ0n) is 18.7. The fourth-order valence-electron chi connectivity index (χ4n) is 4.07. The minimum absolute atomic E-state index is 0.162. The van der Waals surface area contributed by atoms with Gasteiger partial charge in [0.25, 0.3) is 11.8 Å². The van der Waals surface area contributed by atoms with E-state index in [1.807, 2.05) is 44.2 Å². The number of carbonyl (C=O) groups excluding carboxylic acids is 2. The summed E-state index contributed by atoms with van der Waals surface area (Å²) in [5.74, 6) is -0.629. The maximum atomic E-state index is 13.3. The van der Waals surface area contributed by atoms with Crippen LogP contribution < -0.4 is 5.32 Å². The number of aromatic nitrogens is 1. The number of piperazine rings is 1. The van der Waals surface area contributed by atoms with Gasteiger partial charge in [-0.3, -0.25) is 14.6 Å².